The minimum atomic E-state index is 0.159. The van der Waals surface area contributed by atoms with Crippen molar-refractivity contribution in [2.45, 2.75) is 37.5 Å². The van der Waals surface area contributed by atoms with Crippen molar-refractivity contribution in [3.8, 4) is 22.3 Å². The largest absolute Gasteiger partial charge is 0.310 e. The zero-order valence-corrected chi connectivity index (χ0v) is 27.8. The quantitative estimate of drug-likeness (QED) is 0.186. The van der Waals surface area contributed by atoms with Crippen LogP contribution < -0.4 is 4.90 Å². The first-order chi connectivity index (χ1) is 23.8. The third kappa shape index (κ3) is 3.73. The number of nitrogens with zero attached hydrogens (tertiary/aromatic N) is 1. The molecule has 1 heterocycles. The molecule has 12 rings (SSSR count). The summed E-state index contributed by atoms with van der Waals surface area (Å²) >= 11 is 1.88. The van der Waals surface area contributed by atoms with Crippen LogP contribution in [-0.2, 0) is 5.41 Å². The first kappa shape index (κ1) is 27.3. The van der Waals surface area contributed by atoms with Gasteiger partial charge in [0.25, 0.3) is 0 Å². The van der Waals surface area contributed by atoms with Crippen LogP contribution in [0.5, 0.6) is 0 Å². The van der Waals surface area contributed by atoms with E-state index >= 15 is 0 Å². The second-order valence-corrected chi connectivity index (χ2v) is 16.0. The summed E-state index contributed by atoms with van der Waals surface area (Å²) in [5.41, 5.74) is 12.5. The molecule has 48 heavy (non-hydrogen) atoms. The second-order valence-electron chi connectivity index (χ2n) is 14.9. The Morgan fingerprint density at radius 3 is 1.96 bits per heavy atom. The highest BCUT2D eigenvalue weighted by Crippen LogP contribution is 2.70. The van der Waals surface area contributed by atoms with E-state index in [0.717, 1.165) is 23.7 Å². The molecule has 4 fully saturated rings. The summed E-state index contributed by atoms with van der Waals surface area (Å²) in [6.45, 7) is 0. The Kier molecular flexibility index (Phi) is 5.79. The lowest BCUT2D eigenvalue weighted by Gasteiger charge is -2.61. The van der Waals surface area contributed by atoms with Gasteiger partial charge in [-0.25, -0.2) is 0 Å². The highest BCUT2D eigenvalue weighted by atomic mass is 32.1. The van der Waals surface area contributed by atoms with Gasteiger partial charge >= 0.3 is 0 Å². The molecule has 0 atom stereocenters. The van der Waals surface area contributed by atoms with Gasteiger partial charge in [0.2, 0.25) is 0 Å². The molecule has 6 aromatic carbocycles. The summed E-state index contributed by atoms with van der Waals surface area (Å²) in [6.07, 6.45) is 7.10. The molecule has 2 heteroatoms. The maximum atomic E-state index is 2.52. The Morgan fingerprint density at radius 2 is 1.15 bits per heavy atom. The molecule has 7 aromatic rings. The van der Waals surface area contributed by atoms with Crippen molar-refractivity contribution in [2.75, 3.05) is 4.90 Å². The molecule has 1 nitrogen and oxygen atoms in total. The van der Waals surface area contributed by atoms with E-state index < -0.39 is 0 Å². The van der Waals surface area contributed by atoms with Gasteiger partial charge in [-0.15, -0.1) is 11.3 Å². The highest BCUT2D eigenvalue weighted by molar-refractivity contribution is 7.25. The van der Waals surface area contributed by atoms with Crippen molar-refractivity contribution >= 4 is 48.6 Å². The smallest absolute Gasteiger partial charge is 0.0543 e. The Bertz CT molecular complexity index is 2340. The average molecular weight is 636 g/mol. The highest BCUT2D eigenvalue weighted by Gasteiger charge is 2.61. The van der Waals surface area contributed by atoms with Gasteiger partial charge in [0, 0.05) is 42.5 Å². The van der Waals surface area contributed by atoms with Gasteiger partial charge < -0.3 is 4.90 Å². The first-order valence-electron chi connectivity index (χ1n) is 17.9. The van der Waals surface area contributed by atoms with E-state index in [1.165, 1.54) is 91.6 Å². The van der Waals surface area contributed by atoms with Crippen LogP contribution in [0.2, 0.25) is 0 Å². The lowest BCUT2D eigenvalue weighted by molar-refractivity contribution is -0.0399. The van der Waals surface area contributed by atoms with Gasteiger partial charge in [0.1, 0.15) is 0 Å². The third-order valence-corrected chi connectivity index (χ3v) is 13.8. The van der Waals surface area contributed by atoms with Crippen molar-refractivity contribution in [3.63, 3.8) is 0 Å². The van der Waals surface area contributed by atoms with E-state index in [0.29, 0.717) is 0 Å². The fraction of sp³-hybridized carbons (Fsp3) is 0.217. The van der Waals surface area contributed by atoms with Crippen LogP contribution in [0.3, 0.4) is 0 Å². The summed E-state index contributed by atoms with van der Waals surface area (Å²) in [6, 6.07) is 52.8. The number of thiophene rings is 1. The minimum Gasteiger partial charge on any atom is -0.310 e. The van der Waals surface area contributed by atoms with Gasteiger partial charge in [-0.1, -0.05) is 91.0 Å². The van der Waals surface area contributed by atoms with Crippen LogP contribution >= 0.6 is 11.3 Å². The molecule has 5 aliphatic carbocycles. The number of fused-ring (bicyclic) bond motifs is 6. The van der Waals surface area contributed by atoms with Gasteiger partial charge in [0.15, 0.2) is 0 Å². The number of rotatable bonds is 4. The average Bonchev–Trinajstić information content (AvgIpc) is 3.65. The molecule has 4 saturated carbocycles. The van der Waals surface area contributed by atoms with Crippen LogP contribution in [-0.4, -0.2) is 0 Å². The number of para-hydroxylation sites is 1. The summed E-state index contributed by atoms with van der Waals surface area (Å²) in [4.78, 5) is 2.52. The standard InChI is InChI=1S/C46H37NS/c1-2-9-35(10-3-1)47(36-20-17-31(18-21-36)32-19-22-44-39(28-32)37-11-5-7-16-43(37)48-44)42-15-8-14-41-45(42)38-12-4-6-13-40(38)46(41)33-24-29-23-30(26-33)27-34(46)25-29/h1-22,28-30,33-34H,23-27H2. The molecule has 1 aromatic heterocycles. The Balaban J connectivity index is 1.07. The third-order valence-electron chi connectivity index (χ3n) is 12.6. The molecular weight excluding hydrogens is 599 g/mol. The maximum absolute atomic E-state index is 2.52. The topological polar surface area (TPSA) is 3.24 Å². The predicted octanol–water partition coefficient (Wildman–Crippen LogP) is 12.9. The summed E-state index contributed by atoms with van der Waals surface area (Å²) in [5.74, 6) is 3.40. The normalized spacial score (nSPS) is 24.8. The van der Waals surface area contributed by atoms with Crippen molar-refractivity contribution in [2.24, 2.45) is 23.7 Å². The van der Waals surface area contributed by atoms with Gasteiger partial charge in [-0.3, -0.25) is 0 Å². The Hall–Kier alpha value is -4.66. The van der Waals surface area contributed by atoms with Crippen molar-refractivity contribution in [1.29, 1.82) is 0 Å². The minimum absolute atomic E-state index is 0.159. The number of anilines is 3. The van der Waals surface area contributed by atoms with Crippen LogP contribution in [0.4, 0.5) is 17.1 Å². The van der Waals surface area contributed by atoms with Crippen LogP contribution in [0.1, 0.15) is 43.2 Å². The Morgan fingerprint density at radius 1 is 0.500 bits per heavy atom. The SMILES string of the molecule is c1ccc(N(c2ccc(-c3ccc4sc5ccccc5c4c3)cc2)c2cccc3c2-c2ccccc2C32C3CC4CC(C3)CC2C4)cc1. The fourth-order valence-electron chi connectivity index (χ4n) is 11.1. The number of hydrogen-bond donors (Lipinski definition) is 0. The van der Waals surface area contributed by atoms with E-state index in [-0.39, 0.29) is 5.41 Å². The fourth-order valence-corrected chi connectivity index (χ4v) is 12.2. The van der Waals surface area contributed by atoms with E-state index in [4.69, 9.17) is 0 Å². The molecule has 0 radical (unpaired) electrons. The summed E-state index contributed by atoms with van der Waals surface area (Å²) < 4.78 is 2.70. The molecule has 0 saturated heterocycles. The molecule has 5 aliphatic rings. The zero-order valence-electron chi connectivity index (χ0n) is 27.0. The van der Waals surface area contributed by atoms with E-state index in [2.05, 4.69) is 144 Å². The van der Waals surface area contributed by atoms with E-state index in [9.17, 15) is 0 Å². The monoisotopic (exact) mass is 635 g/mol. The second kappa shape index (κ2) is 10.2. The van der Waals surface area contributed by atoms with E-state index in [1.54, 1.807) is 11.1 Å². The molecule has 0 amide bonds. The van der Waals surface area contributed by atoms with Gasteiger partial charge in [-0.2, -0.15) is 0 Å². The summed E-state index contributed by atoms with van der Waals surface area (Å²) in [7, 11) is 0. The number of benzene rings is 6. The van der Waals surface area contributed by atoms with E-state index in [1.807, 2.05) is 11.3 Å². The van der Waals surface area contributed by atoms with Crippen molar-refractivity contribution in [1.82, 2.24) is 0 Å². The van der Waals surface area contributed by atoms with Crippen molar-refractivity contribution in [3.05, 3.63) is 151 Å². The lowest BCUT2D eigenvalue weighted by Crippen LogP contribution is -2.55. The van der Waals surface area contributed by atoms with Crippen molar-refractivity contribution < 1.29 is 0 Å². The van der Waals surface area contributed by atoms with Gasteiger partial charge in [0.05, 0.1) is 5.69 Å². The molecule has 0 unspecified atom stereocenters. The van der Waals surface area contributed by atoms with Crippen LogP contribution in [0, 0.1) is 23.7 Å². The molecule has 1 spiro atoms. The molecule has 4 bridgehead atoms. The first-order valence-corrected chi connectivity index (χ1v) is 18.7. The number of hydrogen-bond acceptors (Lipinski definition) is 2. The molecular formula is C46H37NS. The predicted molar refractivity (Wildman–Crippen MR) is 203 cm³/mol. The molecule has 232 valence electrons. The van der Waals surface area contributed by atoms with Gasteiger partial charge in [-0.05, 0) is 132 Å². The summed E-state index contributed by atoms with van der Waals surface area (Å²) in [5, 5.41) is 2.70. The van der Waals surface area contributed by atoms with Crippen LogP contribution in [0.25, 0.3) is 42.4 Å². The maximum Gasteiger partial charge on any atom is 0.0543 e. The van der Waals surface area contributed by atoms with Crippen LogP contribution in [0.15, 0.2) is 140 Å². The lowest BCUT2D eigenvalue weighted by atomic mass is 9.43. The molecule has 0 N–H and O–H groups in total. The zero-order chi connectivity index (χ0) is 31.4. The Labute approximate surface area is 286 Å². The molecule has 0 aliphatic heterocycles.